The van der Waals surface area contributed by atoms with Gasteiger partial charge in [0.1, 0.15) is 12.1 Å². The summed E-state index contributed by atoms with van der Waals surface area (Å²) >= 11 is 0. The Kier molecular flexibility index (Phi) is 5.91. The molecule has 1 aromatic carbocycles. The largest absolute Gasteiger partial charge is 0.367 e. The Morgan fingerprint density at radius 3 is 2.72 bits per heavy atom. The number of aromatic nitrogens is 2. The Morgan fingerprint density at radius 2 is 2.00 bits per heavy atom. The van der Waals surface area contributed by atoms with Crippen LogP contribution in [0.3, 0.4) is 0 Å². The fraction of sp³-hybridized carbons (Fsp3) is 0.545. The quantitative estimate of drug-likeness (QED) is 0.842. The molecule has 0 spiro atoms. The van der Waals surface area contributed by atoms with Crippen LogP contribution in [-0.2, 0) is 4.79 Å². The topological polar surface area (TPSA) is 85.2 Å². The molecule has 29 heavy (non-hydrogen) atoms. The highest BCUT2D eigenvalue weighted by Gasteiger charge is 2.27. The molecule has 2 aromatic rings. The highest BCUT2D eigenvalue weighted by molar-refractivity contribution is 5.89. The minimum Gasteiger partial charge on any atom is -0.367 e. The summed E-state index contributed by atoms with van der Waals surface area (Å²) in [4.78, 5) is 25.4. The molecule has 7 heteroatoms. The molecular formula is C22H28N6O. The van der Waals surface area contributed by atoms with E-state index < -0.39 is 0 Å². The van der Waals surface area contributed by atoms with Crippen molar-refractivity contribution < 1.29 is 4.79 Å². The highest BCUT2D eigenvalue weighted by Crippen LogP contribution is 2.27. The van der Waals surface area contributed by atoms with Crippen LogP contribution < -0.4 is 5.32 Å². The van der Waals surface area contributed by atoms with Crippen LogP contribution in [-0.4, -0.2) is 64.4 Å². The third-order valence-electron chi connectivity index (χ3n) is 6.27. The number of amides is 1. The minimum absolute atomic E-state index is 0.269. The molecule has 2 aliphatic rings. The van der Waals surface area contributed by atoms with Crippen molar-refractivity contribution >= 4 is 22.6 Å². The molecule has 1 amide bonds. The van der Waals surface area contributed by atoms with Crippen molar-refractivity contribution in [1.29, 1.82) is 5.26 Å². The molecule has 1 aromatic heterocycles. The number of nitriles is 1. The molecule has 0 atom stereocenters. The second-order valence-electron chi connectivity index (χ2n) is 8.22. The summed E-state index contributed by atoms with van der Waals surface area (Å²) in [6.07, 6.45) is 8.05. The average molecular weight is 393 g/mol. The monoisotopic (exact) mass is 392 g/mol. The van der Waals surface area contributed by atoms with E-state index in [1.807, 2.05) is 17.0 Å². The Bertz CT molecular complexity index is 909. The minimum atomic E-state index is 0.269. The number of nitrogens with zero attached hydrogens (tertiary/aromatic N) is 5. The smallest absolute Gasteiger partial charge is 0.236 e. The van der Waals surface area contributed by atoms with Gasteiger partial charge in [-0.3, -0.25) is 9.69 Å². The van der Waals surface area contributed by atoms with Gasteiger partial charge in [0, 0.05) is 30.6 Å². The van der Waals surface area contributed by atoms with Crippen molar-refractivity contribution in [2.75, 3.05) is 32.0 Å². The first-order valence-electron chi connectivity index (χ1n) is 10.5. The molecule has 152 valence electrons. The van der Waals surface area contributed by atoms with Gasteiger partial charge in [0.05, 0.1) is 23.7 Å². The van der Waals surface area contributed by atoms with Gasteiger partial charge in [-0.2, -0.15) is 5.26 Å². The molecular weight excluding hydrogens is 364 g/mol. The van der Waals surface area contributed by atoms with Gasteiger partial charge >= 0.3 is 0 Å². The van der Waals surface area contributed by atoms with Gasteiger partial charge in [0.2, 0.25) is 5.91 Å². The van der Waals surface area contributed by atoms with E-state index in [4.69, 9.17) is 0 Å². The molecule has 1 aliphatic heterocycles. The van der Waals surface area contributed by atoms with Crippen LogP contribution in [0.1, 0.15) is 44.1 Å². The van der Waals surface area contributed by atoms with Gasteiger partial charge < -0.3 is 10.2 Å². The number of rotatable bonds is 5. The van der Waals surface area contributed by atoms with Gasteiger partial charge in [0.25, 0.3) is 0 Å². The van der Waals surface area contributed by atoms with E-state index in [1.165, 1.54) is 0 Å². The summed E-state index contributed by atoms with van der Waals surface area (Å²) in [6.45, 7) is 2.36. The first-order valence-corrected chi connectivity index (χ1v) is 10.5. The number of fused-ring (bicyclic) bond motifs is 1. The number of hydrogen-bond donors (Lipinski definition) is 1. The van der Waals surface area contributed by atoms with E-state index in [0.717, 1.165) is 68.3 Å². The number of nitrogens with one attached hydrogen (secondary N) is 1. The number of hydrogen-bond acceptors (Lipinski definition) is 6. The van der Waals surface area contributed by atoms with E-state index >= 15 is 0 Å². The van der Waals surface area contributed by atoms with Crippen LogP contribution in [0.25, 0.3) is 10.9 Å². The van der Waals surface area contributed by atoms with Crippen molar-refractivity contribution in [3.8, 4) is 6.07 Å². The lowest BCUT2D eigenvalue weighted by Crippen LogP contribution is -2.44. The van der Waals surface area contributed by atoms with E-state index in [-0.39, 0.29) is 5.91 Å². The number of likely N-dealkylation sites (N-methyl/N-ethyl adjacent to an activating group) is 1. The first-order chi connectivity index (χ1) is 14.1. The van der Waals surface area contributed by atoms with Crippen molar-refractivity contribution in [3.63, 3.8) is 0 Å². The number of likely N-dealkylation sites (tertiary alicyclic amines) is 1. The predicted octanol–water partition coefficient (Wildman–Crippen LogP) is 2.78. The van der Waals surface area contributed by atoms with Crippen LogP contribution in [0.4, 0.5) is 5.82 Å². The molecule has 0 unspecified atom stereocenters. The molecule has 2 heterocycles. The number of benzene rings is 1. The van der Waals surface area contributed by atoms with Crippen molar-refractivity contribution in [3.05, 3.63) is 30.1 Å². The molecule has 2 fully saturated rings. The Labute approximate surface area is 171 Å². The summed E-state index contributed by atoms with van der Waals surface area (Å²) in [5.74, 6) is 1.07. The maximum absolute atomic E-state index is 12.4. The maximum atomic E-state index is 12.4. The van der Waals surface area contributed by atoms with Crippen LogP contribution in [0.15, 0.2) is 24.5 Å². The van der Waals surface area contributed by atoms with Crippen molar-refractivity contribution in [2.45, 2.75) is 50.6 Å². The SMILES string of the molecule is CN(CC(=O)N1CCCC1)[C@H]1CC[C@H](Nc2ncnc3ccc(C#N)cc23)CC1. The number of anilines is 1. The standard InChI is InChI=1S/C22H28N6O/c1-27(14-21(29)28-10-2-3-11-28)18-7-5-17(6-8-18)26-22-19-12-16(13-23)4-9-20(19)24-15-25-22/h4,9,12,15,17-18H,2-3,5-8,10-11,14H2,1H3,(H,24,25,26)/t17-,18-. The van der Waals surface area contributed by atoms with Crippen LogP contribution in [0.5, 0.6) is 0 Å². The molecule has 0 radical (unpaired) electrons. The zero-order valence-electron chi connectivity index (χ0n) is 17.0. The summed E-state index contributed by atoms with van der Waals surface area (Å²) in [7, 11) is 2.08. The Morgan fingerprint density at radius 1 is 1.24 bits per heavy atom. The van der Waals surface area contributed by atoms with Crippen LogP contribution >= 0.6 is 0 Å². The summed E-state index contributed by atoms with van der Waals surface area (Å²) < 4.78 is 0. The molecule has 4 rings (SSSR count). The maximum Gasteiger partial charge on any atom is 0.236 e. The van der Waals surface area contributed by atoms with E-state index in [9.17, 15) is 10.1 Å². The second-order valence-corrected chi connectivity index (χ2v) is 8.22. The molecule has 1 aliphatic carbocycles. The third kappa shape index (κ3) is 4.48. The molecule has 1 saturated heterocycles. The van der Waals surface area contributed by atoms with Gasteiger partial charge in [-0.1, -0.05) is 0 Å². The van der Waals surface area contributed by atoms with Gasteiger partial charge in [-0.15, -0.1) is 0 Å². The Balaban J connectivity index is 1.34. The van der Waals surface area contributed by atoms with Gasteiger partial charge in [-0.05, 0) is 63.8 Å². The Hall–Kier alpha value is -2.72. The zero-order chi connectivity index (χ0) is 20.2. The lowest BCUT2D eigenvalue weighted by atomic mass is 9.90. The zero-order valence-corrected chi connectivity index (χ0v) is 17.0. The molecule has 1 saturated carbocycles. The van der Waals surface area contributed by atoms with Crippen molar-refractivity contribution in [2.24, 2.45) is 0 Å². The molecule has 1 N–H and O–H groups in total. The molecule has 7 nitrogen and oxygen atoms in total. The third-order valence-corrected chi connectivity index (χ3v) is 6.27. The fourth-order valence-electron chi connectivity index (χ4n) is 4.50. The average Bonchev–Trinajstić information content (AvgIpc) is 3.29. The lowest BCUT2D eigenvalue weighted by Gasteiger charge is -2.35. The van der Waals surface area contributed by atoms with E-state index in [0.29, 0.717) is 24.2 Å². The van der Waals surface area contributed by atoms with E-state index in [2.05, 4.69) is 33.3 Å². The summed E-state index contributed by atoms with van der Waals surface area (Å²) in [5, 5.41) is 13.6. The highest BCUT2D eigenvalue weighted by atomic mass is 16.2. The van der Waals surface area contributed by atoms with Crippen molar-refractivity contribution in [1.82, 2.24) is 19.8 Å². The summed E-state index contributed by atoms with van der Waals surface area (Å²) in [6, 6.07) is 8.47. The van der Waals surface area contributed by atoms with E-state index in [1.54, 1.807) is 12.4 Å². The fourth-order valence-corrected chi connectivity index (χ4v) is 4.50. The summed E-state index contributed by atoms with van der Waals surface area (Å²) in [5.41, 5.74) is 1.46. The number of carbonyl (C=O) groups excluding carboxylic acids is 1. The number of carbonyl (C=O) groups is 1. The predicted molar refractivity (Wildman–Crippen MR) is 112 cm³/mol. The van der Waals surface area contributed by atoms with Crippen LogP contribution in [0.2, 0.25) is 0 Å². The normalized spacial score (nSPS) is 22.0. The molecule has 0 bridgehead atoms. The van der Waals surface area contributed by atoms with Gasteiger partial charge in [-0.25, -0.2) is 9.97 Å². The first kappa shape index (κ1) is 19.6. The van der Waals surface area contributed by atoms with Crippen LogP contribution in [0, 0.1) is 11.3 Å². The lowest BCUT2D eigenvalue weighted by molar-refractivity contribution is -0.131. The second kappa shape index (κ2) is 8.75. The van der Waals surface area contributed by atoms with Gasteiger partial charge in [0.15, 0.2) is 0 Å².